The SMILES string of the molecule is O=S(=O)(F)Cc1[nH]ncc1Br. The van der Waals surface area contributed by atoms with Crippen molar-refractivity contribution in [1.82, 2.24) is 10.2 Å². The number of rotatable bonds is 2. The third-order valence-corrected chi connectivity index (χ3v) is 2.30. The van der Waals surface area contributed by atoms with E-state index in [4.69, 9.17) is 0 Å². The van der Waals surface area contributed by atoms with E-state index in [1.54, 1.807) is 0 Å². The third-order valence-electron chi connectivity index (χ3n) is 0.982. The lowest BCUT2D eigenvalue weighted by molar-refractivity contribution is 0.550. The van der Waals surface area contributed by atoms with E-state index in [2.05, 4.69) is 26.1 Å². The molecule has 11 heavy (non-hydrogen) atoms. The molecule has 1 heterocycles. The van der Waals surface area contributed by atoms with Gasteiger partial charge in [-0.2, -0.15) is 13.5 Å². The summed E-state index contributed by atoms with van der Waals surface area (Å²) in [5.41, 5.74) is 0.215. The molecule has 0 spiro atoms. The number of H-pyrrole nitrogens is 1. The number of aromatic nitrogens is 2. The molecule has 7 heteroatoms. The van der Waals surface area contributed by atoms with Crippen LogP contribution in [0.2, 0.25) is 0 Å². The highest BCUT2D eigenvalue weighted by Gasteiger charge is 2.12. The zero-order valence-corrected chi connectivity index (χ0v) is 7.61. The minimum Gasteiger partial charge on any atom is -0.280 e. The van der Waals surface area contributed by atoms with Crippen LogP contribution in [0, 0.1) is 0 Å². The molecule has 0 aliphatic heterocycles. The second kappa shape index (κ2) is 2.90. The second-order valence-electron chi connectivity index (χ2n) is 1.88. The molecule has 0 aliphatic carbocycles. The normalized spacial score (nSPS) is 11.8. The maximum Gasteiger partial charge on any atom is 0.308 e. The van der Waals surface area contributed by atoms with Gasteiger partial charge in [-0.15, -0.1) is 3.89 Å². The van der Waals surface area contributed by atoms with Crippen LogP contribution in [-0.2, 0) is 16.0 Å². The van der Waals surface area contributed by atoms with Crippen molar-refractivity contribution in [3.63, 3.8) is 0 Å². The van der Waals surface area contributed by atoms with Crippen LogP contribution in [-0.4, -0.2) is 18.6 Å². The van der Waals surface area contributed by atoms with Gasteiger partial charge in [0, 0.05) is 0 Å². The zero-order valence-electron chi connectivity index (χ0n) is 5.21. The van der Waals surface area contributed by atoms with Gasteiger partial charge in [-0.1, -0.05) is 0 Å². The van der Waals surface area contributed by atoms with E-state index in [0.29, 0.717) is 4.47 Å². The van der Waals surface area contributed by atoms with Gasteiger partial charge in [-0.3, -0.25) is 5.10 Å². The lowest BCUT2D eigenvalue weighted by Gasteiger charge is -1.90. The van der Waals surface area contributed by atoms with Gasteiger partial charge in [-0.25, -0.2) is 0 Å². The molecule has 4 nitrogen and oxygen atoms in total. The summed E-state index contributed by atoms with van der Waals surface area (Å²) in [5, 5.41) is 5.85. The summed E-state index contributed by atoms with van der Waals surface area (Å²) in [6.07, 6.45) is 1.36. The first-order valence-electron chi connectivity index (χ1n) is 2.59. The molecule has 0 atom stereocenters. The van der Waals surface area contributed by atoms with Crippen molar-refractivity contribution in [3.8, 4) is 0 Å². The summed E-state index contributed by atoms with van der Waals surface area (Å²) in [6, 6.07) is 0. The predicted molar refractivity (Wildman–Crippen MR) is 40.0 cm³/mol. The molecule has 0 amide bonds. The van der Waals surface area contributed by atoms with Crippen molar-refractivity contribution in [2.75, 3.05) is 0 Å². The standard InChI is InChI=1S/C4H4BrFN2O2S/c5-3-1-7-8-4(3)2-11(6,9)10/h1H,2H2,(H,7,8). The van der Waals surface area contributed by atoms with Gasteiger partial charge in [0.25, 0.3) is 0 Å². The molecule has 1 aromatic rings. The van der Waals surface area contributed by atoms with E-state index < -0.39 is 16.0 Å². The Hall–Kier alpha value is -0.430. The Morgan fingerprint density at radius 1 is 1.73 bits per heavy atom. The van der Waals surface area contributed by atoms with E-state index in [-0.39, 0.29) is 5.69 Å². The lowest BCUT2D eigenvalue weighted by atomic mass is 10.5. The molecule has 0 radical (unpaired) electrons. The fraction of sp³-hybridized carbons (Fsp3) is 0.250. The van der Waals surface area contributed by atoms with Crippen LogP contribution in [0.4, 0.5) is 3.89 Å². The monoisotopic (exact) mass is 242 g/mol. The van der Waals surface area contributed by atoms with Gasteiger partial charge in [0.2, 0.25) is 0 Å². The van der Waals surface area contributed by atoms with E-state index in [1.807, 2.05) is 0 Å². The van der Waals surface area contributed by atoms with Crippen LogP contribution in [0.25, 0.3) is 0 Å². The maximum absolute atomic E-state index is 12.0. The molecule has 1 aromatic heterocycles. The Morgan fingerprint density at radius 3 is 2.73 bits per heavy atom. The van der Waals surface area contributed by atoms with Crippen LogP contribution >= 0.6 is 15.9 Å². The summed E-state index contributed by atoms with van der Waals surface area (Å²) >= 11 is 2.99. The Labute approximate surface area is 71.1 Å². The number of halogens is 2. The fourth-order valence-electron chi connectivity index (χ4n) is 0.572. The van der Waals surface area contributed by atoms with Crippen LogP contribution in [0.5, 0.6) is 0 Å². The predicted octanol–water partition coefficient (Wildman–Crippen LogP) is 0.972. The van der Waals surface area contributed by atoms with Crippen molar-refractivity contribution in [2.45, 2.75) is 5.75 Å². The summed E-state index contributed by atoms with van der Waals surface area (Å²) in [4.78, 5) is 0. The van der Waals surface area contributed by atoms with Crippen LogP contribution in [0.15, 0.2) is 10.7 Å². The van der Waals surface area contributed by atoms with Crippen molar-refractivity contribution in [2.24, 2.45) is 0 Å². The van der Waals surface area contributed by atoms with Gasteiger partial charge in [0.15, 0.2) is 0 Å². The lowest BCUT2D eigenvalue weighted by Crippen LogP contribution is -1.97. The van der Waals surface area contributed by atoms with Gasteiger partial charge in [0.1, 0.15) is 5.75 Å². The third kappa shape index (κ3) is 2.58. The first-order valence-corrected chi connectivity index (χ1v) is 4.93. The largest absolute Gasteiger partial charge is 0.308 e. The maximum atomic E-state index is 12.0. The molecular formula is C4H4BrFN2O2S. The Balaban J connectivity index is 2.89. The minimum atomic E-state index is -4.47. The van der Waals surface area contributed by atoms with Gasteiger partial charge in [0.05, 0.1) is 16.4 Å². The second-order valence-corrected chi connectivity index (χ2v) is 4.10. The zero-order chi connectivity index (χ0) is 8.48. The number of hydrogen-bond donors (Lipinski definition) is 1. The van der Waals surface area contributed by atoms with E-state index >= 15 is 0 Å². The Morgan fingerprint density at radius 2 is 2.36 bits per heavy atom. The van der Waals surface area contributed by atoms with Gasteiger partial charge >= 0.3 is 10.2 Å². The highest BCUT2D eigenvalue weighted by Crippen LogP contribution is 2.15. The molecule has 62 valence electrons. The molecule has 0 saturated carbocycles. The number of aromatic amines is 1. The number of nitrogens with zero attached hydrogens (tertiary/aromatic N) is 1. The first kappa shape index (κ1) is 8.66. The van der Waals surface area contributed by atoms with E-state index in [0.717, 1.165) is 0 Å². The summed E-state index contributed by atoms with van der Waals surface area (Å²) in [5.74, 6) is -0.673. The van der Waals surface area contributed by atoms with Crippen molar-refractivity contribution in [3.05, 3.63) is 16.4 Å². The molecule has 1 N–H and O–H groups in total. The molecule has 1 rings (SSSR count). The minimum absolute atomic E-state index is 0.215. The number of hydrogen-bond acceptors (Lipinski definition) is 3. The smallest absolute Gasteiger partial charge is 0.280 e. The van der Waals surface area contributed by atoms with E-state index in [1.165, 1.54) is 6.20 Å². The molecule has 0 bridgehead atoms. The molecule has 0 saturated heterocycles. The Kier molecular flexibility index (Phi) is 2.28. The first-order chi connectivity index (χ1) is 4.99. The van der Waals surface area contributed by atoms with Crippen molar-refractivity contribution >= 4 is 26.2 Å². The highest BCUT2D eigenvalue weighted by atomic mass is 79.9. The van der Waals surface area contributed by atoms with Gasteiger partial charge < -0.3 is 0 Å². The summed E-state index contributed by atoms with van der Waals surface area (Å²) in [6.45, 7) is 0. The fourth-order valence-corrected chi connectivity index (χ4v) is 1.65. The molecule has 0 fully saturated rings. The Bertz CT molecular complexity index is 347. The molecular weight excluding hydrogens is 239 g/mol. The molecule has 0 unspecified atom stereocenters. The number of nitrogens with one attached hydrogen (secondary N) is 1. The van der Waals surface area contributed by atoms with Crippen LogP contribution in [0.1, 0.15) is 5.69 Å². The average molecular weight is 243 g/mol. The van der Waals surface area contributed by atoms with Gasteiger partial charge in [-0.05, 0) is 15.9 Å². The topological polar surface area (TPSA) is 62.8 Å². The summed E-state index contributed by atoms with van der Waals surface area (Å²) in [7, 11) is -4.47. The van der Waals surface area contributed by atoms with Crippen molar-refractivity contribution in [1.29, 1.82) is 0 Å². The van der Waals surface area contributed by atoms with Crippen LogP contribution < -0.4 is 0 Å². The summed E-state index contributed by atoms with van der Waals surface area (Å²) < 4.78 is 32.7. The average Bonchev–Trinajstić information content (AvgIpc) is 2.12. The quantitative estimate of drug-likeness (QED) is 0.787. The van der Waals surface area contributed by atoms with Crippen molar-refractivity contribution < 1.29 is 12.3 Å². The van der Waals surface area contributed by atoms with Crippen LogP contribution in [0.3, 0.4) is 0 Å². The highest BCUT2D eigenvalue weighted by molar-refractivity contribution is 9.10. The van der Waals surface area contributed by atoms with E-state index in [9.17, 15) is 12.3 Å². The molecule has 0 aromatic carbocycles. The molecule has 0 aliphatic rings.